The number of para-hydroxylation sites is 1. The van der Waals surface area contributed by atoms with E-state index in [4.69, 9.17) is 16.0 Å². The molecule has 2 nitrogen and oxygen atoms in total. The summed E-state index contributed by atoms with van der Waals surface area (Å²) < 4.78 is 6.23. The van der Waals surface area contributed by atoms with Gasteiger partial charge in [0.1, 0.15) is 5.76 Å². The van der Waals surface area contributed by atoms with Crippen LogP contribution in [0.4, 0.5) is 0 Å². The first kappa shape index (κ1) is 13.3. The Morgan fingerprint density at radius 1 is 1.47 bits per heavy atom. The minimum absolute atomic E-state index is 0.203. The number of furan rings is 1. The summed E-state index contributed by atoms with van der Waals surface area (Å²) >= 11 is 8.22. The van der Waals surface area contributed by atoms with Crippen molar-refractivity contribution >= 4 is 34.3 Å². The number of benzene rings is 1. The molecule has 3 rings (SSSR count). The van der Waals surface area contributed by atoms with Gasteiger partial charge in [-0.15, -0.1) is 0 Å². The second kappa shape index (κ2) is 5.04. The van der Waals surface area contributed by atoms with Crippen molar-refractivity contribution in [3.8, 4) is 0 Å². The second-order valence-electron chi connectivity index (χ2n) is 5.29. The van der Waals surface area contributed by atoms with E-state index < -0.39 is 0 Å². The van der Waals surface area contributed by atoms with Gasteiger partial charge in [-0.25, -0.2) is 0 Å². The van der Waals surface area contributed by atoms with Crippen molar-refractivity contribution in [2.45, 2.75) is 30.6 Å². The predicted molar refractivity (Wildman–Crippen MR) is 83.1 cm³/mol. The SMILES string of the molecule is CNC(c1cc2cccc(Cl)c2o1)C1(C)CCCS1. The fourth-order valence-corrected chi connectivity index (χ4v) is 4.63. The molecule has 102 valence electrons. The van der Waals surface area contributed by atoms with Crippen molar-refractivity contribution < 1.29 is 4.42 Å². The van der Waals surface area contributed by atoms with Crippen LogP contribution in [0.3, 0.4) is 0 Å². The van der Waals surface area contributed by atoms with Crippen LogP contribution in [0.1, 0.15) is 31.6 Å². The summed E-state index contributed by atoms with van der Waals surface area (Å²) in [5.41, 5.74) is 0.797. The van der Waals surface area contributed by atoms with E-state index in [0.717, 1.165) is 16.7 Å². The van der Waals surface area contributed by atoms with Crippen LogP contribution in [-0.2, 0) is 0 Å². The lowest BCUT2D eigenvalue weighted by atomic mass is 9.94. The summed E-state index contributed by atoms with van der Waals surface area (Å²) in [4.78, 5) is 0. The summed E-state index contributed by atoms with van der Waals surface area (Å²) in [6.45, 7) is 2.32. The molecule has 0 saturated carbocycles. The average molecular weight is 296 g/mol. The molecule has 0 spiro atoms. The molecule has 1 N–H and O–H groups in total. The molecule has 1 aromatic carbocycles. The van der Waals surface area contributed by atoms with E-state index in [1.54, 1.807) is 0 Å². The van der Waals surface area contributed by atoms with Gasteiger partial charge >= 0.3 is 0 Å². The molecule has 0 radical (unpaired) electrons. The molecule has 1 aliphatic heterocycles. The van der Waals surface area contributed by atoms with E-state index in [0.29, 0.717) is 5.02 Å². The summed E-state index contributed by atoms with van der Waals surface area (Å²) in [5.74, 6) is 2.22. The maximum atomic E-state index is 6.19. The number of hydrogen-bond donors (Lipinski definition) is 1. The smallest absolute Gasteiger partial charge is 0.152 e. The van der Waals surface area contributed by atoms with Gasteiger partial charge < -0.3 is 9.73 Å². The van der Waals surface area contributed by atoms with Crippen LogP contribution in [0, 0.1) is 0 Å². The summed E-state index contributed by atoms with van der Waals surface area (Å²) in [6, 6.07) is 8.22. The molecule has 0 aliphatic carbocycles. The van der Waals surface area contributed by atoms with Crippen molar-refractivity contribution in [3.63, 3.8) is 0 Å². The van der Waals surface area contributed by atoms with Gasteiger partial charge in [0.2, 0.25) is 0 Å². The molecule has 2 atom stereocenters. The van der Waals surface area contributed by atoms with Gasteiger partial charge in [-0.1, -0.05) is 23.7 Å². The Morgan fingerprint density at radius 3 is 2.95 bits per heavy atom. The highest BCUT2D eigenvalue weighted by Crippen LogP contribution is 2.47. The molecular formula is C15H18ClNOS. The van der Waals surface area contributed by atoms with Crippen molar-refractivity contribution in [2.24, 2.45) is 0 Å². The second-order valence-corrected chi connectivity index (χ2v) is 7.33. The van der Waals surface area contributed by atoms with E-state index in [1.165, 1.54) is 18.6 Å². The lowest BCUT2D eigenvalue weighted by Crippen LogP contribution is -2.35. The molecule has 2 unspecified atom stereocenters. The normalized spacial score (nSPS) is 25.0. The lowest BCUT2D eigenvalue weighted by Gasteiger charge is -2.31. The van der Waals surface area contributed by atoms with E-state index >= 15 is 0 Å². The Labute approximate surface area is 122 Å². The first-order valence-corrected chi connectivity index (χ1v) is 7.99. The monoisotopic (exact) mass is 295 g/mol. The van der Waals surface area contributed by atoms with E-state index in [2.05, 4.69) is 18.3 Å². The Bertz CT molecular complexity index is 589. The lowest BCUT2D eigenvalue weighted by molar-refractivity contribution is 0.374. The average Bonchev–Trinajstić information content (AvgIpc) is 2.98. The quantitative estimate of drug-likeness (QED) is 0.893. The third-order valence-electron chi connectivity index (χ3n) is 3.95. The predicted octanol–water partition coefficient (Wildman–Crippen LogP) is 4.63. The van der Waals surface area contributed by atoms with Crippen molar-refractivity contribution in [1.82, 2.24) is 5.32 Å². The van der Waals surface area contributed by atoms with Crippen LogP contribution in [0.15, 0.2) is 28.7 Å². The standard InChI is InChI=1S/C15H18ClNOS/c1-15(7-4-8-19-15)14(17-2)12-9-10-5-3-6-11(16)13(10)18-12/h3,5-6,9,14,17H,4,7-8H2,1-2H3. The number of fused-ring (bicyclic) bond motifs is 1. The van der Waals surface area contributed by atoms with Gasteiger partial charge in [-0.2, -0.15) is 11.8 Å². The number of hydrogen-bond acceptors (Lipinski definition) is 3. The fraction of sp³-hybridized carbons (Fsp3) is 0.467. The molecule has 1 aliphatic rings. The molecular weight excluding hydrogens is 278 g/mol. The minimum Gasteiger partial charge on any atom is -0.458 e. The molecule has 1 aromatic heterocycles. The van der Waals surface area contributed by atoms with Gasteiger partial charge in [0.15, 0.2) is 5.58 Å². The van der Waals surface area contributed by atoms with Crippen LogP contribution >= 0.6 is 23.4 Å². The van der Waals surface area contributed by atoms with Crippen molar-refractivity contribution in [3.05, 3.63) is 35.0 Å². The highest BCUT2D eigenvalue weighted by molar-refractivity contribution is 8.00. The molecule has 19 heavy (non-hydrogen) atoms. The van der Waals surface area contributed by atoms with Gasteiger partial charge in [0, 0.05) is 10.1 Å². The first-order valence-electron chi connectivity index (χ1n) is 6.63. The van der Waals surface area contributed by atoms with E-state index in [-0.39, 0.29) is 10.8 Å². The first-order chi connectivity index (χ1) is 9.14. The zero-order valence-corrected chi connectivity index (χ0v) is 12.8. The van der Waals surface area contributed by atoms with Crippen LogP contribution in [0.5, 0.6) is 0 Å². The van der Waals surface area contributed by atoms with Crippen molar-refractivity contribution in [1.29, 1.82) is 0 Å². The molecule has 2 heterocycles. The van der Waals surface area contributed by atoms with Gasteiger partial charge in [-0.05, 0) is 44.7 Å². The highest BCUT2D eigenvalue weighted by Gasteiger charge is 2.39. The van der Waals surface area contributed by atoms with Crippen LogP contribution in [0.2, 0.25) is 5.02 Å². The van der Waals surface area contributed by atoms with Gasteiger partial charge in [-0.3, -0.25) is 0 Å². The zero-order valence-electron chi connectivity index (χ0n) is 11.2. The zero-order chi connectivity index (χ0) is 13.5. The Balaban J connectivity index is 2.04. The Kier molecular flexibility index (Phi) is 3.54. The van der Waals surface area contributed by atoms with Crippen LogP contribution < -0.4 is 5.32 Å². The Morgan fingerprint density at radius 2 is 2.32 bits per heavy atom. The number of thioether (sulfide) groups is 1. The van der Waals surface area contributed by atoms with Crippen molar-refractivity contribution in [2.75, 3.05) is 12.8 Å². The topological polar surface area (TPSA) is 25.2 Å². The molecule has 2 aromatic rings. The van der Waals surface area contributed by atoms with Crippen LogP contribution in [-0.4, -0.2) is 17.5 Å². The Hall–Kier alpha value is -0.640. The third kappa shape index (κ3) is 2.28. The number of rotatable bonds is 3. The maximum absolute atomic E-state index is 6.19. The number of nitrogens with one attached hydrogen (secondary N) is 1. The van der Waals surface area contributed by atoms with Gasteiger partial charge in [0.05, 0.1) is 11.1 Å². The summed E-state index contributed by atoms with van der Waals surface area (Å²) in [5, 5.41) is 5.18. The van der Waals surface area contributed by atoms with E-state index in [1.807, 2.05) is 37.0 Å². The van der Waals surface area contributed by atoms with Gasteiger partial charge in [0.25, 0.3) is 0 Å². The third-order valence-corrected chi connectivity index (χ3v) is 5.84. The highest BCUT2D eigenvalue weighted by atomic mass is 35.5. The fourth-order valence-electron chi connectivity index (χ4n) is 2.97. The molecule has 4 heteroatoms. The minimum atomic E-state index is 0.203. The molecule has 0 bridgehead atoms. The summed E-state index contributed by atoms with van der Waals surface area (Å²) in [6.07, 6.45) is 2.49. The largest absolute Gasteiger partial charge is 0.458 e. The van der Waals surface area contributed by atoms with Crippen LogP contribution in [0.25, 0.3) is 11.0 Å². The maximum Gasteiger partial charge on any atom is 0.152 e. The van der Waals surface area contributed by atoms with E-state index in [9.17, 15) is 0 Å². The molecule has 0 amide bonds. The number of halogens is 1. The molecule has 1 fully saturated rings. The summed E-state index contributed by atoms with van der Waals surface area (Å²) in [7, 11) is 2.00. The molecule has 1 saturated heterocycles.